The monoisotopic (exact) mass is 375 g/mol. The summed E-state index contributed by atoms with van der Waals surface area (Å²) in [4.78, 5) is 0. The van der Waals surface area contributed by atoms with Crippen molar-refractivity contribution in [2.24, 2.45) is 0 Å². The summed E-state index contributed by atoms with van der Waals surface area (Å²) in [5.74, 6) is -33.4. The Hall–Kier alpha value is -0.820. The Bertz CT molecular complexity index is 505. The second-order valence-corrected chi connectivity index (χ2v) is 6.20. The van der Waals surface area contributed by atoms with Crippen LogP contribution in [-0.2, 0) is 9.84 Å². The molecule has 22 heavy (non-hydrogen) atoms. The number of hydrogen-bond acceptors (Lipinski definition) is 2. The molecule has 0 spiro atoms. The van der Waals surface area contributed by atoms with Gasteiger partial charge in [0.1, 0.15) is 5.75 Å². The van der Waals surface area contributed by atoms with Crippen molar-refractivity contribution in [1.29, 1.82) is 0 Å². The molecule has 133 valence electrons. The van der Waals surface area contributed by atoms with E-state index in [-0.39, 0.29) is 0 Å². The smallest absolute Gasteiger partial charge is 0.229 e. The predicted molar refractivity (Wildman–Crippen MR) is 49.9 cm³/mol. The fraction of sp³-hybridized carbons (Fsp3) is 0.875. The van der Waals surface area contributed by atoms with Gasteiger partial charge in [-0.25, -0.2) is 8.42 Å². The molecule has 0 aliphatic heterocycles. The van der Waals surface area contributed by atoms with Gasteiger partial charge in [-0.05, 0) is 6.92 Å². The molecule has 1 radical (unpaired) electrons. The van der Waals surface area contributed by atoms with Crippen molar-refractivity contribution < 1.29 is 56.7 Å². The highest BCUT2D eigenvalue weighted by Gasteiger charge is 2.87. The van der Waals surface area contributed by atoms with Crippen LogP contribution in [-0.4, -0.2) is 49.8 Å². The lowest BCUT2D eigenvalue weighted by Crippen LogP contribution is -2.67. The third kappa shape index (κ3) is 3.25. The van der Waals surface area contributed by atoms with E-state index in [1.54, 1.807) is 0 Å². The highest BCUT2D eigenvalue weighted by atomic mass is 32.2. The van der Waals surface area contributed by atoms with E-state index >= 15 is 0 Å². The lowest BCUT2D eigenvalue weighted by molar-refractivity contribution is -0.419. The quantitative estimate of drug-likeness (QED) is 0.668. The average molecular weight is 375 g/mol. The van der Waals surface area contributed by atoms with Crippen molar-refractivity contribution in [3.05, 3.63) is 6.92 Å². The lowest BCUT2D eigenvalue weighted by Gasteiger charge is -2.37. The van der Waals surface area contributed by atoms with E-state index in [1.807, 2.05) is 0 Å². The fourth-order valence-corrected chi connectivity index (χ4v) is 1.92. The first-order valence-electron chi connectivity index (χ1n) is 4.84. The molecule has 0 amide bonds. The highest BCUT2D eigenvalue weighted by molar-refractivity contribution is 7.91. The molecule has 0 aliphatic carbocycles. The maximum absolute atomic E-state index is 13.0. The van der Waals surface area contributed by atoms with Gasteiger partial charge in [0.05, 0.1) is 5.75 Å². The highest BCUT2D eigenvalue weighted by Crippen LogP contribution is 2.57. The van der Waals surface area contributed by atoms with Crippen molar-refractivity contribution in [2.75, 3.05) is 11.5 Å². The molecule has 0 aliphatic rings. The molecular weight excluding hydrogens is 369 g/mol. The number of alkyl halides is 11. The first-order valence-corrected chi connectivity index (χ1v) is 6.66. The molecule has 0 aromatic heterocycles. The Balaban J connectivity index is 6.00. The van der Waals surface area contributed by atoms with Crippen LogP contribution in [0.2, 0.25) is 0 Å². The lowest BCUT2D eigenvalue weighted by atomic mass is 9.99. The van der Waals surface area contributed by atoms with E-state index in [0.717, 1.165) is 0 Å². The summed E-state index contributed by atoms with van der Waals surface area (Å²) >= 11 is 0. The summed E-state index contributed by atoms with van der Waals surface area (Å²) in [6.07, 6.45) is -7.28. The summed E-state index contributed by atoms with van der Waals surface area (Å²) in [5, 5.41) is 0. The summed E-state index contributed by atoms with van der Waals surface area (Å²) in [6.45, 7) is 2.49. The van der Waals surface area contributed by atoms with E-state index in [0.29, 0.717) is 0 Å². The molecule has 2 nitrogen and oxygen atoms in total. The SMILES string of the molecule is [CH2]CS(=O)(=O)CC(F)(F)C(F)(F)C(F)(F)C(F)(F)C(F)(F)F. The van der Waals surface area contributed by atoms with E-state index in [4.69, 9.17) is 0 Å². The van der Waals surface area contributed by atoms with Crippen molar-refractivity contribution in [1.82, 2.24) is 0 Å². The molecule has 0 heterocycles. The van der Waals surface area contributed by atoms with E-state index in [2.05, 4.69) is 6.92 Å². The largest absolute Gasteiger partial charge is 0.460 e. The summed E-state index contributed by atoms with van der Waals surface area (Å²) in [6, 6.07) is 0. The topological polar surface area (TPSA) is 34.1 Å². The van der Waals surface area contributed by atoms with Gasteiger partial charge in [-0.1, -0.05) is 0 Å². The second kappa shape index (κ2) is 5.37. The molecule has 0 unspecified atom stereocenters. The third-order valence-corrected chi connectivity index (χ3v) is 3.74. The van der Waals surface area contributed by atoms with Gasteiger partial charge in [0.25, 0.3) is 0 Å². The van der Waals surface area contributed by atoms with Crippen LogP contribution < -0.4 is 0 Å². The van der Waals surface area contributed by atoms with Crippen LogP contribution in [0.3, 0.4) is 0 Å². The van der Waals surface area contributed by atoms with Crippen LogP contribution in [0.25, 0.3) is 0 Å². The molecule has 0 rings (SSSR count). The Morgan fingerprint density at radius 1 is 0.682 bits per heavy atom. The number of halogens is 11. The van der Waals surface area contributed by atoms with Crippen LogP contribution in [0.4, 0.5) is 48.3 Å². The Labute approximate surface area is 116 Å². The van der Waals surface area contributed by atoms with E-state index in [9.17, 15) is 56.7 Å². The van der Waals surface area contributed by atoms with Crippen LogP contribution in [0.5, 0.6) is 0 Å². The summed E-state index contributed by atoms with van der Waals surface area (Å²) < 4.78 is 159. The zero-order valence-electron chi connectivity index (χ0n) is 10.0. The summed E-state index contributed by atoms with van der Waals surface area (Å²) in [7, 11) is -5.20. The number of rotatable bonds is 6. The van der Waals surface area contributed by atoms with Crippen molar-refractivity contribution >= 4 is 9.84 Å². The first kappa shape index (κ1) is 21.2. The molecule has 14 heteroatoms. The molecule has 0 N–H and O–H groups in total. The molecule has 0 bridgehead atoms. The standard InChI is InChI=1S/C8H6F11O2S/c1-2-22(20,21)3-4(9,10)5(11,12)6(13,14)7(15,16)8(17,18)19/h1-3H2. The van der Waals surface area contributed by atoms with Crippen LogP contribution >= 0.6 is 0 Å². The molecular formula is C8H6F11O2S. The molecule has 0 atom stereocenters. The van der Waals surface area contributed by atoms with Gasteiger partial charge in [0.2, 0.25) is 0 Å². The Kier molecular flexibility index (Phi) is 5.17. The first-order chi connectivity index (χ1) is 9.27. The Morgan fingerprint density at radius 2 is 1.05 bits per heavy atom. The minimum Gasteiger partial charge on any atom is -0.229 e. The fourth-order valence-electron chi connectivity index (χ4n) is 1.04. The van der Waals surface area contributed by atoms with E-state index < -0.39 is 51.2 Å². The van der Waals surface area contributed by atoms with Gasteiger partial charge < -0.3 is 0 Å². The molecule has 0 aromatic rings. The van der Waals surface area contributed by atoms with Crippen molar-refractivity contribution in [3.8, 4) is 0 Å². The maximum Gasteiger partial charge on any atom is 0.460 e. The van der Waals surface area contributed by atoms with Crippen molar-refractivity contribution in [2.45, 2.75) is 29.9 Å². The van der Waals surface area contributed by atoms with Gasteiger partial charge in [0.15, 0.2) is 9.84 Å². The number of sulfone groups is 1. The number of hydrogen-bond donors (Lipinski definition) is 0. The summed E-state index contributed by atoms with van der Waals surface area (Å²) in [5.41, 5.74) is 0. The van der Waals surface area contributed by atoms with Crippen LogP contribution in [0.1, 0.15) is 0 Å². The predicted octanol–water partition coefficient (Wildman–Crippen LogP) is 3.34. The molecule has 0 aromatic carbocycles. The van der Waals surface area contributed by atoms with Gasteiger partial charge in [-0.3, -0.25) is 0 Å². The second-order valence-electron chi connectivity index (χ2n) is 4.02. The third-order valence-electron chi connectivity index (χ3n) is 2.32. The minimum atomic E-state index is -7.60. The van der Waals surface area contributed by atoms with E-state index in [1.165, 1.54) is 0 Å². The normalized spacial score (nSPS) is 16.0. The zero-order chi connectivity index (χ0) is 18.4. The van der Waals surface area contributed by atoms with Gasteiger partial charge in [0, 0.05) is 0 Å². The molecule has 0 saturated carbocycles. The van der Waals surface area contributed by atoms with Gasteiger partial charge >= 0.3 is 29.9 Å². The van der Waals surface area contributed by atoms with Gasteiger partial charge in [-0.2, -0.15) is 48.3 Å². The van der Waals surface area contributed by atoms with Crippen LogP contribution in [0, 0.1) is 6.92 Å². The maximum atomic E-state index is 13.0. The molecule has 0 saturated heterocycles. The van der Waals surface area contributed by atoms with Crippen molar-refractivity contribution in [3.63, 3.8) is 0 Å². The minimum absolute atomic E-state index is 1.50. The zero-order valence-corrected chi connectivity index (χ0v) is 10.8. The average Bonchev–Trinajstić information content (AvgIpc) is 2.25. The molecule has 0 fully saturated rings. The van der Waals surface area contributed by atoms with Gasteiger partial charge in [-0.15, -0.1) is 0 Å². The Morgan fingerprint density at radius 3 is 1.32 bits per heavy atom. The van der Waals surface area contributed by atoms with Crippen LogP contribution in [0.15, 0.2) is 0 Å².